The van der Waals surface area contributed by atoms with E-state index in [1.807, 2.05) is 25.1 Å². The van der Waals surface area contributed by atoms with Crippen LogP contribution in [0.5, 0.6) is 0 Å². The second kappa shape index (κ2) is 8.30. The van der Waals surface area contributed by atoms with E-state index in [2.05, 4.69) is 35.8 Å². The molecular weight excluding hydrogens is 366 g/mol. The molecule has 1 saturated heterocycles. The maximum atomic E-state index is 10.2. The number of hydrogen-bond donors (Lipinski definition) is 1. The smallest absolute Gasteiger partial charge is 0.148 e. The first-order valence-electron chi connectivity index (χ1n) is 10.4. The first kappa shape index (κ1) is 20.1. The van der Waals surface area contributed by atoms with Crippen LogP contribution in [-0.4, -0.2) is 59.8 Å². The number of rotatable bonds is 5. The molecule has 0 radical (unpaired) electrons. The number of benzene rings is 1. The molecule has 1 unspecified atom stereocenters. The summed E-state index contributed by atoms with van der Waals surface area (Å²) < 4.78 is 13.4. The summed E-state index contributed by atoms with van der Waals surface area (Å²) in [6.07, 6.45) is 5.51. The fourth-order valence-electron chi connectivity index (χ4n) is 4.44. The number of aliphatic hydroxyl groups is 1. The number of hydrogen-bond acceptors (Lipinski definition) is 5. The Hall–Kier alpha value is -2.15. The van der Waals surface area contributed by atoms with Crippen molar-refractivity contribution in [3.8, 4) is 0 Å². The Labute approximate surface area is 172 Å². The molecule has 0 spiro atoms. The molecule has 6 nitrogen and oxygen atoms in total. The van der Waals surface area contributed by atoms with Crippen LogP contribution in [0, 0.1) is 0 Å². The fraction of sp³-hybridized carbons (Fsp3) is 0.522. The molecule has 6 heteroatoms. The molecule has 0 amide bonds. The molecule has 3 heterocycles. The lowest BCUT2D eigenvalue weighted by molar-refractivity contribution is 0.0817. The summed E-state index contributed by atoms with van der Waals surface area (Å²) >= 11 is 0. The molecule has 4 rings (SSSR count). The Bertz CT molecular complexity index is 940. The SMILES string of the molecule is COC[C@@H](C)n1c(C2CCOCC2)nc2ccc(C3=CN(C)C(O)C(C)=C3)cc21. The third kappa shape index (κ3) is 3.84. The van der Waals surface area contributed by atoms with Gasteiger partial charge in [0.2, 0.25) is 0 Å². The zero-order valence-electron chi connectivity index (χ0n) is 17.8. The van der Waals surface area contributed by atoms with Crippen LogP contribution in [0.15, 0.2) is 36.0 Å². The van der Waals surface area contributed by atoms with Crippen LogP contribution >= 0.6 is 0 Å². The summed E-state index contributed by atoms with van der Waals surface area (Å²) in [7, 11) is 3.64. The van der Waals surface area contributed by atoms with E-state index in [1.165, 1.54) is 0 Å². The molecule has 0 aliphatic carbocycles. The van der Waals surface area contributed by atoms with Crippen LogP contribution in [0.25, 0.3) is 16.6 Å². The summed E-state index contributed by atoms with van der Waals surface area (Å²) in [5, 5.41) is 10.2. The van der Waals surface area contributed by atoms with E-state index in [0.29, 0.717) is 12.5 Å². The largest absolute Gasteiger partial charge is 0.383 e. The van der Waals surface area contributed by atoms with E-state index in [-0.39, 0.29) is 6.04 Å². The highest BCUT2D eigenvalue weighted by molar-refractivity contribution is 5.85. The van der Waals surface area contributed by atoms with Gasteiger partial charge in [-0.15, -0.1) is 0 Å². The molecule has 2 atom stereocenters. The minimum Gasteiger partial charge on any atom is -0.383 e. The van der Waals surface area contributed by atoms with Crippen molar-refractivity contribution < 1.29 is 14.6 Å². The second-order valence-electron chi connectivity index (χ2n) is 8.25. The number of imidazole rings is 1. The van der Waals surface area contributed by atoms with Gasteiger partial charge in [0.15, 0.2) is 0 Å². The van der Waals surface area contributed by atoms with E-state index in [9.17, 15) is 5.11 Å². The number of aromatic nitrogens is 2. The van der Waals surface area contributed by atoms with E-state index < -0.39 is 6.23 Å². The summed E-state index contributed by atoms with van der Waals surface area (Å²) in [6.45, 7) is 6.38. The maximum Gasteiger partial charge on any atom is 0.148 e. The van der Waals surface area contributed by atoms with Crippen molar-refractivity contribution in [2.24, 2.45) is 0 Å². The van der Waals surface area contributed by atoms with E-state index >= 15 is 0 Å². The van der Waals surface area contributed by atoms with Gasteiger partial charge in [-0.05, 0) is 61.6 Å². The standard InChI is InChI=1S/C23H31N3O3/c1-15-11-19(13-25(3)23(15)27)18-5-6-20-21(12-18)26(16(2)14-28-4)22(24-20)17-7-9-29-10-8-17/h5-6,11-13,16-17,23,27H,7-10,14H2,1-4H3/t16-,23?/m1/s1. The Kier molecular flexibility index (Phi) is 5.76. The van der Waals surface area contributed by atoms with Crippen LogP contribution in [0.2, 0.25) is 0 Å². The molecule has 2 aliphatic rings. The van der Waals surface area contributed by atoms with E-state index in [0.717, 1.165) is 59.6 Å². The predicted octanol–water partition coefficient (Wildman–Crippen LogP) is 3.69. The Balaban J connectivity index is 1.81. The third-order valence-corrected chi connectivity index (χ3v) is 6.00. The number of ether oxygens (including phenoxy) is 2. The van der Waals surface area contributed by atoms with Gasteiger partial charge in [0.25, 0.3) is 0 Å². The van der Waals surface area contributed by atoms with Crippen LogP contribution < -0.4 is 0 Å². The van der Waals surface area contributed by atoms with Crippen molar-refractivity contribution in [3.63, 3.8) is 0 Å². The zero-order valence-corrected chi connectivity index (χ0v) is 17.8. The van der Waals surface area contributed by atoms with Gasteiger partial charge in [-0.2, -0.15) is 0 Å². The predicted molar refractivity (Wildman–Crippen MR) is 115 cm³/mol. The molecular formula is C23H31N3O3. The molecule has 0 bridgehead atoms. The highest BCUT2D eigenvalue weighted by Crippen LogP contribution is 2.34. The van der Waals surface area contributed by atoms with Gasteiger partial charge in [0.05, 0.1) is 23.7 Å². The number of fused-ring (bicyclic) bond motifs is 1. The quantitative estimate of drug-likeness (QED) is 0.834. The molecule has 1 N–H and O–H groups in total. The van der Waals surface area contributed by atoms with Gasteiger partial charge in [0, 0.05) is 39.5 Å². The average Bonchev–Trinajstić information content (AvgIpc) is 3.11. The molecule has 1 fully saturated rings. The highest BCUT2D eigenvalue weighted by atomic mass is 16.5. The molecule has 2 aliphatic heterocycles. The summed E-state index contributed by atoms with van der Waals surface area (Å²) in [5.74, 6) is 1.55. The van der Waals surface area contributed by atoms with Gasteiger partial charge < -0.3 is 24.0 Å². The average molecular weight is 398 g/mol. The molecule has 0 saturated carbocycles. The Morgan fingerprint density at radius 1 is 1.31 bits per heavy atom. The number of aliphatic hydroxyl groups excluding tert-OH is 1. The Morgan fingerprint density at radius 3 is 2.76 bits per heavy atom. The van der Waals surface area contributed by atoms with Crippen molar-refractivity contribution in [1.29, 1.82) is 0 Å². The van der Waals surface area contributed by atoms with Crippen molar-refractivity contribution >= 4 is 16.6 Å². The van der Waals surface area contributed by atoms with Crippen LogP contribution in [-0.2, 0) is 9.47 Å². The summed E-state index contributed by atoms with van der Waals surface area (Å²) in [6, 6.07) is 6.65. The van der Waals surface area contributed by atoms with Crippen LogP contribution in [0.3, 0.4) is 0 Å². The molecule has 1 aromatic carbocycles. The summed E-state index contributed by atoms with van der Waals surface area (Å²) in [5.41, 5.74) is 5.31. The molecule has 156 valence electrons. The number of methoxy groups -OCH3 is 1. The molecule has 2 aromatic rings. The minimum absolute atomic E-state index is 0.195. The van der Waals surface area contributed by atoms with Crippen molar-refractivity contribution in [3.05, 3.63) is 47.4 Å². The fourth-order valence-corrected chi connectivity index (χ4v) is 4.44. The number of allylic oxidation sites excluding steroid dienone is 2. The van der Waals surface area contributed by atoms with Gasteiger partial charge in [-0.25, -0.2) is 4.98 Å². The van der Waals surface area contributed by atoms with E-state index in [4.69, 9.17) is 14.5 Å². The lowest BCUT2D eigenvalue weighted by Crippen LogP contribution is -2.30. The molecule has 1 aromatic heterocycles. The lowest BCUT2D eigenvalue weighted by atomic mass is 9.99. The monoisotopic (exact) mass is 397 g/mol. The van der Waals surface area contributed by atoms with Gasteiger partial charge >= 0.3 is 0 Å². The second-order valence-corrected chi connectivity index (χ2v) is 8.25. The summed E-state index contributed by atoms with van der Waals surface area (Å²) in [4.78, 5) is 6.87. The number of likely N-dealkylation sites (N-methyl/N-ethyl adjacent to an activating group) is 1. The lowest BCUT2D eigenvalue weighted by Gasteiger charge is -2.28. The maximum absolute atomic E-state index is 10.2. The van der Waals surface area contributed by atoms with Crippen LogP contribution in [0.4, 0.5) is 0 Å². The third-order valence-electron chi connectivity index (χ3n) is 6.00. The van der Waals surface area contributed by atoms with Gasteiger partial charge in [0.1, 0.15) is 12.1 Å². The first-order chi connectivity index (χ1) is 14.0. The van der Waals surface area contributed by atoms with Gasteiger partial charge in [-0.3, -0.25) is 0 Å². The van der Waals surface area contributed by atoms with Crippen molar-refractivity contribution in [2.75, 3.05) is 34.0 Å². The molecule has 29 heavy (non-hydrogen) atoms. The zero-order chi connectivity index (χ0) is 20.5. The number of nitrogens with zero attached hydrogens (tertiary/aromatic N) is 3. The first-order valence-corrected chi connectivity index (χ1v) is 10.4. The highest BCUT2D eigenvalue weighted by Gasteiger charge is 2.25. The minimum atomic E-state index is -0.560. The van der Waals surface area contributed by atoms with E-state index in [1.54, 1.807) is 7.11 Å². The van der Waals surface area contributed by atoms with Crippen molar-refractivity contribution in [1.82, 2.24) is 14.5 Å². The topological polar surface area (TPSA) is 59.8 Å². The Morgan fingerprint density at radius 2 is 2.07 bits per heavy atom. The normalized spacial score (nSPS) is 22.0. The van der Waals surface area contributed by atoms with Crippen LogP contribution in [0.1, 0.15) is 50.0 Å². The van der Waals surface area contributed by atoms with Crippen molar-refractivity contribution in [2.45, 2.75) is 44.9 Å². The van der Waals surface area contributed by atoms with Gasteiger partial charge in [-0.1, -0.05) is 6.07 Å².